The average Bonchev–Trinajstić information content (AvgIpc) is 2.28. The molecule has 1 fully saturated rings. The van der Waals surface area contributed by atoms with Crippen molar-refractivity contribution in [1.29, 1.82) is 0 Å². The Morgan fingerprint density at radius 2 is 2.06 bits per heavy atom. The predicted molar refractivity (Wildman–Crippen MR) is 68.8 cm³/mol. The topological polar surface area (TPSA) is 52.6 Å². The van der Waals surface area contributed by atoms with E-state index in [9.17, 15) is 4.79 Å². The van der Waals surface area contributed by atoms with Crippen molar-refractivity contribution in [3.05, 3.63) is 0 Å². The molecule has 0 aliphatic carbocycles. The molecular formula is C13H26N2O2. The lowest BCUT2D eigenvalue weighted by Gasteiger charge is -2.38. The van der Waals surface area contributed by atoms with Gasteiger partial charge in [-0.3, -0.25) is 4.79 Å². The summed E-state index contributed by atoms with van der Waals surface area (Å²) in [7, 11) is 2.14. The molecule has 1 amide bonds. The van der Waals surface area contributed by atoms with Crippen LogP contribution in [0.5, 0.6) is 0 Å². The SMILES string of the molecule is CC(O)CCC(=O)NCC1(C)CCN(C)CC1. The molecule has 0 saturated carbocycles. The van der Waals surface area contributed by atoms with Gasteiger partial charge in [-0.25, -0.2) is 0 Å². The Bertz CT molecular complexity index is 246. The Hall–Kier alpha value is -0.610. The van der Waals surface area contributed by atoms with Gasteiger partial charge in [0.25, 0.3) is 0 Å². The first-order chi connectivity index (χ1) is 7.91. The Kier molecular flexibility index (Phi) is 5.40. The van der Waals surface area contributed by atoms with Crippen LogP contribution in [-0.4, -0.2) is 48.7 Å². The summed E-state index contributed by atoms with van der Waals surface area (Å²) in [6.45, 7) is 6.94. The predicted octanol–water partition coefficient (Wildman–Crippen LogP) is 0.995. The number of aliphatic hydroxyl groups is 1. The molecule has 4 nitrogen and oxygen atoms in total. The summed E-state index contributed by atoms with van der Waals surface area (Å²) in [4.78, 5) is 13.9. The van der Waals surface area contributed by atoms with Crippen LogP contribution in [0, 0.1) is 5.41 Å². The second-order valence-corrected chi connectivity index (χ2v) is 5.78. The van der Waals surface area contributed by atoms with Gasteiger partial charge in [0.05, 0.1) is 6.10 Å². The lowest BCUT2D eigenvalue weighted by atomic mass is 9.80. The number of nitrogens with one attached hydrogen (secondary N) is 1. The van der Waals surface area contributed by atoms with E-state index >= 15 is 0 Å². The number of piperidine rings is 1. The first-order valence-electron chi connectivity index (χ1n) is 6.55. The minimum atomic E-state index is -0.389. The number of hydrogen-bond acceptors (Lipinski definition) is 3. The highest BCUT2D eigenvalue weighted by atomic mass is 16.3. The van der Waals surface area contributed by atoms with Crippen molar-refractivity contribution in [3.63, 3.8) is 0 Å². The Morgan fingerprint density at radius 1 is 1.47 bits per heavy atom. The summed E-state index contributed by atoms with van der Waals surface area (Å²) in [6.07, 6.45) is 2.86. The second-order valence-electron chi connectivity index (χ2n) is 5.78. The maximum absolute atomic E-state index is 11.6. The molecule has 100 valence electrons. The van der Waals surface area contributed by atoms with Crippen LogP contribution in [0.15, 0.2) is 0 Å². The van der Waals surface area contributed by atoms with Crippen LogP contribution in [-0.2, 0) is 4.79 Å². The number of nitrogens with zero attached hydrogens (tertiary/aromatic N) is 1. The fourth-order valence-electron chi connectivity index (χ4n) is 2.08. The molecule has 1 aliphatic heterocycles. The number of likely N-dealkylation sites (tertiary alicyclic amines) is 1. The molecule has 0 spiro atoms. The van der Waals surface area contributed by atoms with Gasteiger partial charge in [0.15, 0.2) is 0 Å². The van der Waals surface area contributed by atoms with Crippen molar-refractivity contribution >= 4 is 5.91 Å². The van der Waals surface area contributed by atoms with E-state index < -0.39 is 0 Å². The molecule has 1 unspecified atom stereocenters. The summed E-state index contributed by atoms with van der Waals surface area (Å²) in [6, 6.07) is 0. The van der Waals surface area contributed by atoms with Gasteiger partial charge in [0, 0.05) is 13.0 Å². The van der Waals surface area contributed by atoms with Crippen molar-refractivity contribution < 1.29 is 9.90 Å². The van der Waals surface area contributed by atoms with Crippen molar-refractivity contribution in [3.8, 4) is 0 Å². The third kappa shape index (κ3) is 5.50. The van der Waals surface area contributed by atoms with E-state index in [1.807, 2.05) is 0 Å². The molecule has 0 aromatic heterocycles. The van der Waals surface area contributed by atoms with E-state index in [0.717, 1.165) is 32.5 Å². The first-order valence-corrected chi connectivity index (χ1v) is 6.55. The lowest BCUT2D eigenvalue weighted by molar-refractivity contribution is -0.122. The molecule has 0 radical (unpaired) electrons. The van der Waals surface area contributed by atoms with Crippen molar-refractivity contribution in [2.75, 3.05) is 26.7 Å². The number of carbonyl (C=O) groups is 1. The van der Waals surface area contributed by atoms with Crippen LogP contribution in [0.4, 0.5) is 0 Å². The zero-order valence-corrected chi connectivity index (χ0v) is 11.3. The Morgan fingerprint density at radius 3 is 2.59 bits per heavy atom. The Balaban J connectivity index is 2.23. The maximum Gasteiger partial charge on any atom is 0.220 e. The third-order valence-electron chi connectivity index (χ3n) is 3.70. The highest BCUT2D eigenvalue weighted by molar-refractivity contribution is 5.75. The number of hydrogen-bond donors (Lipinski definition) is 2. The summed E-state index contributed by atoms with van der Waals surface area (Å²) in [5.74, 6) is 0.0612. The van der Waals surface area contributed by atoms with Gasteiger partial charge < -0.3 is 15.3 Å². The lowest BCUT2D eigenvalue weighted by Crippen LogP contribution is -2.43. The van der Waals surface area contributed by atoms with Crippen LogP contribution in [0.3, 0.4) is 0 Å². The van der Waals surface area contributed by atoms with Crippen molar-refractivity contribution in [1.82, 2.24) is 10.2 Å². The van der Waals surface area contributed by atoms with Crippen LogP contribution >= 0.6 is 0 Å². The molecule has 2 N–H and O–H groups in total. The summed E-state index contributed by atoms with van der Waals surface area (Å²) < 4.78 is 0. The summed E-state index contributed by atoms with van der Waals surface area (Å²) in [5, 5.41) is 12.1. The number of rotatable bonds is 5. The molecule has 0 aromatic carbocycles. The average molecular weight is 242 g/mol. The minimum absolute atomic E-state index is 0.0612. The van der Waals surface area contributed by atoms with Gasteiger partial charge in [0.1, 0.15) is 0 Å². The number of carbonyl (C=O) groups excluding carboxylic acids is 1. The zero-order valence-electron chi connectivity index (χ0n) is 11.3. The van der Waals surface area contributed by atoms with E-state index in [1.54, 1.807) is 6.92 Å². The molecular weight excluding hydrogens is 216 g/mol. The molecule has 0 aromatic rings. The molecule has 1 rings (SSSR count). The first kappa shape index (κ1) is 14.5. The van der Waals surface area contributed by atoms with Crippen LogP contribution in [0.25, 0.3) is 0 Å². The van der Waals surface area contributed by atoms with Crippen molar-refractivity contribution in [2.24, 2.45) is 5.41 Å². The van der Waals surface area contributed by atoms with E-state index in [2.05, 4.69) is 24.2 Å². The molecule has 1 heterocycles. The van der Waals surface area contributed by atoms with E-state index in [1.165, 1.54) is 0 Å². The standard InChI is InChI=1S/C13H26N2O2/c1-11(16)4-5-12(17)14-10-13(2)6-8-15(3)9-7-13/h11,16H,4-10H2,1-3H3,(H,14,17). The van der Waals surface area contributed by atoms with Crippen molar-refractivity contribution in [2.45, 2.75) is 45.6 Å². The molecule has 1 aliphatic rings. The zero-order chi connectivity index (χ0) is 12.9. The minimum Gasteiger partial charge on any atom is -0.393 e. The molecule has 0 bridgehead atoms. The fraction of sp³-hybridized carbons (Fsp3) is 0.923. The van der Waals surface area contributed by atoms with Gasteiger partial charge in [0.2, 0.25) is 5.91 Å². The normalized spacial score (nSPS) is 22.1. The molecule has 17 heavy (non-hydrogen) atoms. The van der Waals surface area contributed by atoms with Gasteiger partial charge in [-0.1, -0.05) is 6.92 Å². The smallest absolute Gasteiger partial charge is 0.220 e. The molecule has 1 saturated heterocycles. The van der Waals surface area contributed by atoms with E-state index in [4.69, 9.17) is 5.11 Å². The largest absolute Gasteiger partial charge is 0.393 e. The summed E-state index contributed by atoms with van der Waals surface area (Å²) in [5.41, 5.74) is 0.243. The monoisotopic (exact) mass is 242 g/mol. The number of amides is 1. The van der Waals surface area contributed by atoms with Gasteiger partial charge in [-0.15, -0.1) is 0 Å². The van der Waals surface area contributed by atoms with Crippen LogP contribution in [0.1, 0.15) is 39.5 Å². The highest BCUT2D eigenvalue weighted by Gasteiger charge is 2.28. The third-order valence-corrected chi connectivity index (χ3v) is 3.70. The quantitative estimate of drug-likeness (QED) is 0.756. The van der Waals surface area contributed by atoms with Gasteiger partial charge in [-0.2, -0.15) is 0 Å². The maximum atomic E-state index is 11.6. The highest BCUT2D eigenvalue weighted by Crippen LogP contribution is 2.29. The number of aliphatic hydroxyl groups excluding tert-OH is 1. The van der Waals surface area contributed by atoms with E-state index in [0.29, 0.717) is 12.8 Å². The van der Waals surface area contributed by atoms with Gasteiger partial charge >= 0.3 is 0 Å². The van der Waals surface area contributed by atoms with Gasteiger partial charge in [-0.05, 0) is 51.7 Å². The summed E-state index contributed by atoms with van der Waals surface area (Å²) >= 11 is 0. The van der Waals surface area contributed by atoms with E-state index in [-0.39, 0.29) is 17.4 Å². The molecule has 1 atom stereocenters. The fourth-order valence-corrected chi connectivity index (χ4v) is 2.08. The second kappa shape index (κ2) is 6.36. The Labute approximate surface area is 104 Å². The van der Waals surface area contributed by atoms with Crippen LogP contribution < -0.4 is 5.32 Å². The molecule has 4 heteroatoms. The van der Waals surface area contributed by atoms with Crippen LogP contribution in [0.2, 0.25) is 0 Å².